The molecule has 0 atom stereocenters. The predicted octanol–water partition coefficient (Wildman–Crippen LogP) is 5.34. The summed E-state index contributed by atoms with van der Waals surface area (Å²) in [5, 5.41) is 23.0. The van der Waals surface area contributed by atoms with E-state index in [1.54, 1.807) is 0 Å². The van der Waals surface area contributed by atoms with Gasteiger partial charge in [-0.25, -0.2) is 0 Å². The number of benzene rings is 3. The SMILES string of the molecule is COc1cc([N+](=O)[O-])ccc1NC(=O)CSc1nnc(-c2ccccc2Br)n1-c1ccccc1. The van der Waals surface area contributed by atoms with Gasteiger partial charge in [0.05, 0.1) is 29.5 Å². The van der Waals surface area contributed by atoms with Gasteiger partial charge in [0.15, 0.2) is 11.0 Å². The van der Waals surface area contributed by atoms with Crippen LogP contribution in [0, 0.1) is 10.1 Å². The highest BCUT2D eigenvalue weighted by Gasteiger charge is 2.19. The number of para-hydroxylation sites is 1. The number of hydrogen-bond acceptors (Lipinski definition) is 7. The van der Waals surface area contributed by atoms with E-state index in [2.05, 4.69) is 31.4 Å². The van der Waals surface area contributed by atoms with Crippen molar-refractivity contribution in [3.05, 3.63) is 87.4 Å². The Kier molecular flexibility index (Phi) is 7.24. The maximum absolute atomic E-state index is 12.7. The summed E-state index contributed by atoms with van der Waals surface area (Å²) in [5.74, 6) is 0.568. The first-order valence-corrected chi connectivity index (χ1v) is 11.8. The first-order chi connectivity index (χ1) is 16.5. The summed E-state index contributed by atoms with van der Waals surface area (Å²) < 4.78 is 7.95. The number of amides is 1. The number of rotatable bonds is 8. The van der Waals surface area contributed by atoms with E-state index in [0.717, 1.165) is 15.7 Å². The summed E-state index contributed by atoms with van der Waals surface area (Å²) in [6.45, 7) is 0. The number of halogens is 1. The second-order valence-electron chi connectivity index (χ2n) is 6.94. The van der Waals surface area contributed by atoms with Crippen molar-refractivity contribution in [2.45, 2.75) is 5.16 Å². The Labute approximate surface area is 207 Å². The molecule has 1 amide bonds. The van der Waals surface area contributed by atoms with Crippen molar-refractivity contribution in [3.63, 3.8) is 0 Å². The molecule has 34 heavy (non-hydrogen) atoms. The molecule has 172 valence electrons. The number of hydrogen-bond donors (Lipinski definition) is 1. The number of carbonyl (C=O) groups is 1. The highest BCUT2D eigenvalue weighted by atomic mass is 79.9. The summed E-state index contributed by atoms with van der Waals surface area (Å²) in [7, 11) is 1.38. The number of ether oxygens (including phenoxy) is 1. The molecule has 4 aromatic rings. The third kappa shape index (κ3) is 5.10. The van der Waals surface area contributed by atoms with E-state index in [1.807, 2.05) is 59.2 Å². The van der Waals surface area contributed by atoms with Gasteiger partial charge in [0, 0.05) is 21.8 Å². The number of nitro groups is 1. The van der Waals surface area contributed by atoms with Crippen molar-refractivity contribution >= 4 is 45.0 Å². The lowest BCUT2D eigenvalue weighted by molar-refractivity contribution is -0.384. The van der Waals surface area contributed by atoms with E-state index in [0.29, 0.717) is 16.7 Å². The van der Waals surface area contributed by atoms with Crippen LogP contribution in [0.1, 0.15) is 0 Å². The first kappa shape index (κ1) is 23.5. The third-order valence-electron chi connectivity index (χ3n) is 4.76. The Balaban J connectivity index is 1.57. The van der Waals surface area contributed by atoms with Gasteiger partial charge in [-0.15, -0.1) is 10.2 Å². The van der Waals surface area contributed by atoms with E-state index < -0.39 is 4.92 Å². The molecular formula is C23H18BrN5O4S. The lowest BCUT2D eigenvalue weighted by Crippen LogP contribution is -2.15. The van der Waals surface area contributed by atoms with Gasteiger partial charge < -0.3 is 10.1 Å². The fraction of sp³-hybridized carbons (Fsp3) is 0.0870. The molecule has 0 bridgehead atoms. The van der Waals surface area contributed by atoms with Gasteiger partial charge in [-0.3, -0.25) is 19.5 Å². The van der Waals surface area contributed by atoms with Gasteiger partial charge in [-0.1, -0.05) is 64.1 Å². The van der Waals surface area contributed by atoms with Crippen molar-refractivity contribution in [1.29, 1.82) is 0 Å². The van der Waals surface area contributed by atoms with Crippen LogP contribution in [0.4, 0.5) is 11.4 Å². The topological polar surface area (TPSA) is 112 Å². The van der Waals surface area contributed by atoms with Crippen LogP contribution in [0.2, 0.25) is 0 Å². The molecule has 9 nitrogen and oxygen atoms in total. The molecule has 0 spiro atoms. The van der Waals surface area contributed by atoms with Gasteiger partial charge in [0.25, 0.3) is 5.69 Å². The average Bonchev–Trinajstić information content (AvgIpc) is 3.27. The number of carbonyl (C=O) groups excluding carboxylic acids is 1. The third-order valence-corrected chi connectivity index (χ3v) is 6.39. The molecule has 0 aliphatic heterocycles. The normalized spacial score (nSPS) is 10.6. The number of methoxy groups -OCH3 is 1. The van der Waals surface area contributed by atoms with Crippen molar-refractivity contribution in [1.82, 2.24) is 14.8 Å². The number of nitrogens with zero attached hydrogens (tertiary/aromatic N) is 4. The zero-order valence-electron chi connectivity index (χ0n) is 17.8. The minimum atomic E-state index is -0.525. The molecule has 4 rings (SSSR count). The smallest absolute Gasteiger partial charge is 0.273 e. The number of thioether (sulfide) groups is 1. The van der Waals surface area contributed by atoms with Crippen LogP contribution in [0.5, 0.6) is 5.75 Å². The average molecular weight is 540 g/mol. The standard InChI is InChI=1S/C23H18BrN5O4S/c1-33-20-13-16(29(31)32)11-12-19(20)25-21(30)14-34-23-27-26-22(17-9-5-6-10-18(17)24)28(23)15-7-3-2-4-8-15/h2-13H,14H2,1H3,(H,25,30). The van der Waals surface area contributed by atoms with E-state index >= 15 is 0 Å². The van der Waals surface area contributed by atoms with Crippen molar-refractivity contribution in [2.75, 3.05) is 18.2 Å². The summed E-state index contributed by atoms with van der Waals surface area (Å²) in [6, 6.07) is 21.4. The summed E-state index contributed by atoms with van der Waals surface area (Å²) in [4.78, 5) is 23.1. The highest BCUT2D eigenvalue weighted by molar-refractivity contribution is 9.10. The van der Waals surface area contributed by atoms with E-state index in [1.165, 1.54) is 37.1 Å². The van der Waals surface area contributed by atoms with Crippen LogP contribution in [0.15, 0.2) is 82.4 Å². The number of nitro benzene ring substituents is 1. The van der Waals surface area contributed by atoms with E-state index in [-0.39, 0.29) is 23.1 Å². The Morgan fingerprint density at radius 2 is 1.85 bits per heavy atom. The quantitative estimate of drug-likeness (QED) is 0.182. The Hall–Kier alpha value is -3.70. The maximum atomic E-state index is 12.7. The molecule has 1 aromatic heterocycles. The highest BCUT2D eigenvalue weighted by Crippen LogP contribution is 2.33. The van der Waals surface area contributed by atoms with Crippen molar-refractivity contribution < 1.29 is 14.5 Å². The van der Waals surface area contributed by atoms with E-state index in [9.17, 15) is 14.9 Å². The van der Waals surface area contributed by atoms with Gasteiger partial charge in [0.2, 0.25) is 5.91 Å². The molecule has 0 aliphatic carbocycles. The first-order valence-electron chi connectivity index (χ1n) is 9.98. The predicted molar refractivity (Wildman–Crippen MR) is 133 cm³/mol. The number of non-ortho nitro benzene ring substituents is 1. The number of anilines is 1. The van der Waals surface area contributed by atoms with Crippen LogP contribution in [-0.4, -0.2) is 38.5 Å². The molecule has 1 heterocycles. The fourth-order valence-electron chi connectivity index (χ4n) is 3.20. The fourth-order valence-corrected chi connectivity index (χ4v) is 4.42. The molecule has 0 aliphatic rings. The molecule has 0 saturated carbocycles. The largest absolute Gasteiger partial charge is 0.494 e. The van der Waals surface area contributed by atoms with E-state index in [4.69, 9.17) is 4.74 Å². The lowest BCUT2D eigenvalue weighted by atomic mass is 10.2. The number of aromatic nitrogens is 3. The molecule has 3 aromatic carbocycles. The van der Waals surface area contributed by atoms with Crippen LogP contribution < -0.4 is 10.1 Å². The van der Waals surface area contributed by atoms with Crippen molar-refractivity contribution in [2.24, 2.45) is 0 Å². The Morgan fingerprint density at radius 3 is 2.56 bits per heavy atom. The maximum Gasteiger partial charge on any atom is 0.273 e. The molecule has 0 saturated heterocycles. The minimum Gasteiger partial charge on any atom is -0.494 e. The van der Waals surface area contributed by atoms with Gasteiger partial charge in [-0.05, 0) is 24.3 Å². The zero-order chi connectivity index (χ0) is 24.1. The summed E-state index contributed by atoms with van der Waals surface area (Å²) >= 11 is 4.79. The minimum absolute atomic E-state index is 0.0427. The van der Waals surface area contributed by atoms with Crippen LogP contribution >= 0.6 is 27.7 Å². The summed E-state index contributed by atoms with van der Waals surface area (Å²) in [6.07, 6.45) is 0. The van der Waals surface area contributed by atoms with Gasteiger partial charge in [0.1, 0.15) is 5.75 Å². The van der Waals surface area contributed by atoms with Crippen LogP contribution in [0.3, 0.4) is 0 Å². The van der Waals surface area contributed by atoms with Crippen molar-refractivity contribution in [3.8, 4) is 22.8 Å². The van der Waals surface area contributed by atoms with Crippen LogP contribution in [-0.2, 0) is 4.79 Å². The monoisotopic (exact) mass is 539 g/mol. The molecule has 1 N–H and O–H groups in total. The zero-order valence-corrected chi connectivity index (χ0v) is 20.2. The molecule has 0 unspecified atom stereocenters. The Morgan fingerprint density at radius 1 is 1.12 bits per heavy atom. The van der Waals surface area contributed by atoms with Crippen LogP contribution in [0.25, 0.3) is 17.1 Å². The molecule has 0 radical (unpaired) electrons. The molecule has 11 heteroatoms. The van der Waals surface area contributed by atoms with Gasteiger partial charge in [-0.2, -0.15) is 0 Å². The second kappa shape index (κ2) is 10.5. The number of nitrogens with one attached hydrogen (secondary N) is 1. The second-order valence-corrected chi connectivity index (χ2v) is 8.73. The molecular weight excluding hydrogens is 522 g/mol. The lowest BCUT2D eigenvalue weighted by Gasteiger charge is -2.12. The molecule has 0 fully saturated rings. The van der Waals surface area contributed by atoms with Gasteiger partial charge >= 0.3 is 0 Å². The summed E-state index contributed by atoms with van der Waals surface area (Å²) in [5.41, 5.74) is 1.95. The Bertz CT molecular complexity index is 1350.